The van der Waals surface area contributed by atoms with Crippen LogP contribution in [0.15, 0.2) is 4.99 Å². The van der Waals surface area contributed by atoms with Crippen LogP contribution in [0, 0.1) is 5.92 Å². The quantitative estimate of drug-likeness (QED) is 0.325. The van der Waals surface area contributed by atoms with Crippen molar-refractivity contribution < 1.29 is 14.2 Å². The van der Waals surface area contributed by atoms with Gasteiger partial charge in [-0.1, -0.05) is 13.8 Å². The smallest absolute Gasteiger partial charge is 0.193 e. The van der Waals surface area contributed by atoms with Crippen LogP contribution >= 0.6 is 0 Å². The Morgan fingerprint density at radius 3 is 2.50 bits per heavy atom. The van der Waals surface area contributed by atoms with Gasteiger partial charge in [0.1, 0.15) is 0 Å². The van der Waals surface area contributed by atoms with Crippen molar-refractivity contribution >= 4 is 5.96 Å². The van der Waals surface area contributed by atoms with Crippen molar-refractivity contribution in [3.63, 3.8) is 0 Å². The molecule has 6 nitrogen and oxygen atoms in total. The monoisotopic (exact) mass is 371 g/mol. The number of hydrogen-bond acceptors (Lipinski definition) is 4. The lowest BCUT2D eigenvalue weighted by atomic mass is 10.0. The Kier molecular flexibility index (Phi) is 12.7. The molecule has 1 N–H and O–H groups in total. The van der Waals surface area contributed by atoms with Crippen LogP contribution in [0.1, 0.15) is 53.4 Å². The van der Waals surface area contributed by atoms with E-state index < -0.39 is 0 Å². The second-order valence-corrected chi connectivity index (χ2v) is 7.17. The van der Waals surface area contributed by atoms with Gasteiger partial charge < -0.3 is 24.4 Å². The first-order chi connectivity index (χ1) is 12.6. The zero-order valence-corrected chi connectivity index (χ0v) is 17.6. The molecule has 0 aromatic heterocycles. The molecule has 1 aliphatic heterocycles. The van der Waals surface area contributed by atoms with Gasteiger partial charge in [-0.3, -0.25) is 4.99 Å². The number of hydrogen-bond donors (Lipinski definition) is 1. The molecule has 1 saturated heterocycles. The van der Waals surface area contributed by atoms with Crippen molar-refractivity contribution in [2.45, 2.75) is 65.6 Å². The zero-order valence-electron chi connectivity index (χ0n) is 17.6. The van der Waals surface area contributed by atoms with Crippen molar-refractivity contribution in [2.75, 3.05) is 53.1 Å². The lowest BCUT2D eigenvalue weighted by Crippen LogP contribution is -2.47. The number of nitrogens with zero attached hydrogens (tertiary/aromatic N) is 2. The number of guanidine groups is 1. The molecule has 0 bridgehead atoms. The summed E-state index contributed by atoms with van der Waals surface area (Å²) < 4.78 is 16.9. The van der Waals surface area contributed by atoms with E-state index in [1.165, 1.54) is 0 Å². The molecular formula is C20H41N3O3. The highest BCUT2D eigenvalue weighted by molar-refractivity contribution is 5.80. The average molecular weight is 372 g/mol. The van der Waals surface area contributed by atoms with Crippen LogP contribution in [0.25, 0.3) is 0 Å². The van der Waals surface area contributed by atoms with Crippen LogP contribution in [0.2, 0.25) is 0 Å². The standard InChI is InChI=1S/C20H41N3O3/c1-6-21-20(22-12-9-19(17(3)4)25-7-2)23-13-10-18(11-14-23)26-16-8-15-24-5/h17-19H,6-16H2,1-5H3,(H,21,22). The van der Waals surface area contributed by atoms with Gasteiger partial charge in [-0.15, -0.1) is 0 Å². The molecule has 1 rings (SSSR count). The molecular weight excluding hydrogens is 330 g/mol. The van der Waals surface area contributed by atoms with Crippen LogP contribution in [-0.2, 0) is 14.2 Å². The van der Waals surface area contributed by atoms with Gasteiger partial charge in [0.05, 0.1) is 12.2 Å². The molecule has 0 aromatic rings. The van der Waals surface area contributed by atoms with Crippen molar-refractivity contribution in [3.8, 4) is 0 Å². The molecule has 0 amide bonds. The molecule has 1 aliphatic rings. The minimum Gasteiger partial charge on any atom is -0.385 e. The maximum atomic E-state index is 5.96. The lowest BCUT2D eigenvalue weighted by Gasteiger charge is -2.34. The summed E-state index contributed by atoms with van der Waals surface area (Å²) in [5, 5.41) is 3.44. The minimum absolute atomic E-state index is 0.290. The molecule has 1 heterocycles. The SMILES string of the molecule is CCNC(=NCCC(OCC)C(C)C)N1CCC(OCCCOC)CC1. The van der Waals surface area contributed by atoms with Crippen molar-refractivity contribution in [1.29, 1.82) is 0 Å². The van der Waals surface area contributed by atoms with Gasteiger partial charge in [0.15, 0.2) is 5.96 Å². The molecule has 0 spiro atoms. The van der Waals surface area contributed by atoms with Crippen molar-refractivity contribution in [3.05, 3.63) is 0 Å². The van der Waals surface area contributed by atoms with Crippen molar-refractivity contribution in [1.82, 2.24) is 10.2 Å². The first kappa shape index (κ1) is 23.2. The largest absolute Gasteiger partial charge is 0.385 e. The minimum atomic E-state index is 0.290. The van der Waals surface area contributed by atoms with Crippen LogP contribution in [0.3, 0.4) is 0 Å². The Balaban J connectivity index is 2.42. The first-order valence-corrected chi connectivity index (χ1v) is 10.4. The number of rotatable bonds is 12. The first-order valence-electron chi connectivity index (χ1n) is 10.4. The summed E-state index contributed by atoms with van der Waals surface area (Å²) in [6.45, 7) is 14.6. The second-order valence-electron chi connectivity index (χ2n) is 7.17. The number of aliphatic imine (C=N–C) groups is 1. The maximum absolute atomic E-state index is 5.96. The third kappa shape index (κ3) is 9.19. The zero-order chi connectivity index (χ0) is 19.2. The molecule has 1 unspecified atom stereocenters. The second kappa shape index (κ2) is 14.2. The average Bonchev–Trinajstić information content (AvgIpc) is 2.64. The van der Waals surface area contributed by atoms with E-state index in [9.17, 15) is 0 Å². The Bertz CT molecular complexity index is 369. The molecule has 0 radical (unpaired) electrons. The fraction of sp³-hybridized carbons (Fsp3) is 0.950. The molecule has 0 saturated carbocycles. The summed E-state index contributed by atoms with van der Waals surface area (Å²) in [7, 11) is 1.73. The normalized spacial score (nSPS) is 17.8. The highest BCUT2D eigenvalue weighted by Gasteiger charge is 2.22. The number of ether oxygens (including phenoxy) is 3. The van der Waals surface area contributed by atoms with Gasteiger partial charge in [0.25, 0.3) is 0 Å². The van der Waals surface area contributed by atoms with Gasteiger partial charge in [0, 0.05) is 53.1 Å². The van der Waals surface area contributed by atoms with Gasteiger partial charge in [-0.25, -0.2) is 0 Å². The Hall–Kier alpha value is -0.850. The topological polar surface area (TPSA) is 55.3 Å². The predicted octanol–water partition coefficient (Wildman–Crippen LogP) is 2.92. The van der Waals surface area contributed by atoms with E-state index in [0.29, 0.717) is 12.0 Å². The van der Waals surface area contributed by atoms with Crippen LogP contribution in [-0.4, -0.2) is 76.2 Å². The van der Waals surface area contributed by atoms with E-state index in [2.05, 4.69) is 37.9 Å². The van der Waals surface area contributed by atoms with E-state index in [0.717, 1.165) is 77.6 Å². The summed E-state index contributed by atoms with van der Waals surface area (Å²) in [5.41, 5.74) is 0. The van der Waals surface area contributed by atoms with Gasteiger partial charge in [0.2, 0.25) is 0 Å². The predicted molar refractivity (Wildman–Crippen MR) is 108 cm³/mol. The van der Waals surface area contributed by atoms with E-state index in [1.807, 2.05) is 0 Å². The molecule has 0 aliphatic carbocycles. The molecule has 1 fully saturated rings. The number of nitrogens with one attached hydrogen (secondary N) is 1. The Labute approximate surface area is 160 Å². The fourth-order valence-electron chi connectivity index (χ4n) is 3.23. The summed E-state index contributed by atoms with van der Waals surface area (Å²) in [6, 6.07) is 0. The summed E-state index contributed by atoms with van der Waals surface area (Å²) >= 11 is 0. The van der Waals surface area contributed by atoms with Crippen LogP contribution < -0.4 is 5.32 Å². The molecule has 154 valence electrons. The van der Waals surface area contributed by atoms with Gasteiger partial charge >= 0.3 is 0 Å². The highest BCUT2D eigenvalue weighted by atomic mass is 16.5. The van der Waals surface area contributed by atoms with Gasteiger partial charge in [-0.05, 0) is 45.4 Å². The van der Waals surface area contributed by atoms with E-state index >= 15 is 0 Å². The van der Waals surface area contributed by atoms with E-state index in [4.69, 9.17) is 19.2 Å². The third-order valence-corrected chi connectivity index (χ3v) is 4.72. The number of methoxy groups -OCH3 is 1. The number of likely N-dealkylation sites (tertiary alicyclic amines) is 1. The van der Waals surface area contributed by atoms with Gasteiger partial charge in [-0.2, -0.15) is 0 Å². The van der Waals surface area contributed by atoms with E-state index in [-0.39, 0.29) is 6.10 Å². The molecule has 6 heteroatoms. The highest BCUT2D eigenvalue weighted by Crippen LogP contribution is 2.15. The van der Waals surface area contributed by atoms with E-state index in [1.54, 1.807) is 7.11 Å². The maximum Gasteiger partial charge on any atom is 0.193 e. The Morgan fingerprint density at radius 2 is 1.92 bits per heavy atom. The van der Waals surface area contributed by atoms with Crippen molar-refractivity contribution in [2.24, 2.45) is 10.9 Å². The van der Waals surface area contributed by atoms with Crippen LogP contribution in [0.4, 0.5) is 0 Å². The lowest BCUT2D eigenvalue weighted by molar-refractivity contribution is 0.00983. The van der Waals surface area contributed by atoms with Crippen LogP contribution in [0.5, 0.6) is 0 Å². The summed E-state index contributed by atoms with van der Waals surface area (Å²) in [6.07, 6.45) is 4.72. The summed E-state index contributed by atoms with van der Waals surface area (Å²) in [5.74, 6) is 1.56. The molecule has 1 atom stereocenters. The third-order valence-electron chi connectivity index (χ3n) is 4.72. The summed E-state index contributed by atoms with van der Waals surface area (Å²) in [4.78, 5) is 7.21. The molecule has 26 heavy (non-hydrogen) atoms. The number of piperidine rings is 1. The molecule has 0 aromatic carbocycles. The fourth-order valence-corrected chi connectivity index (χ4v) is 3.23. The Morgan fingerprint density at radius 1 is 1.19 bits per heavy atom.